The van der Waals surface area contributed by atoms with Crippen LogP contribution >= 0.6 is 11.6 Å². The maximum Gasteiger partial charge on any atom is 0.224 e. The van der Waals surface area contributed by atoms with Crippen LogP contribution in [-0.2, 0) is 16.0 Å². The van der Waals surface area contributed by atoms with Crippen molar-refractivity contribution in [1.29, 1.82) is 0 Å². The highest BCUT2D eigenvalue weighted by Gasteiger charge is 2.24. The van der Waals surface area contributed by atoms with E-state index in [4.69, 9.17) is 16.3 Å². The fraction of sp³-hybridized carbons (Fsp3) is 0.611. The van der Waals surface area contributed by atoms with Gasteiger partial charge in [0.05, 0.1) is 13.0 Å². The Morgan fingerprint density at radius 3 is 2.83 bits per heavy atom. The molecule has 2 heterocycles. The maximum absolute atomic E-state index is 12.2. The maximum atomic E-state index is 12.2. The molecule has 2 aliphatic heterocycles. The molecule has 0 aliphatic carbocycles. The number of amides is 1. The third-order valence-corrected chi connectivity index (χ3v) is 4.98. The second kappa shape index (κ2) is 8.13. The first kappa shape index (κ1) is 16.7. The van der Waals surface area contributed by atoms with E-state index in [9.17, 15) is 4.79 Å². The first-order chi connectivity index (χ1) is 11.2. The topological polar surface area (TPSA) is 41.6 Å². The van der Waals surface area contributed by atoms with Crippen LogP contribution in [0.2, 0.25) is 5.02 Å². The number of halogens is 1. The average Bonchev–Trinajstić information content (AvgIpc) is 3.02. The van der Waals surface area contributed by atoms with Gasteiger partial charge in [0.2, 0.25) is 5.91 Å². The average molecular weight is 337 g/mol. The number of benzene rings is 1. The van der Waals surface area contributed by atoms with Crippen LogP contribution in [0.3, 0.4) is 0 Å². The first-order valence-corrected chi connectivity index (χ1v) is 8.91. The Kier molecular flexibility index (Phi) is 5.92. The zero-order valence-electron chi connectivity index (χ0n) is 13.5. The molecule has 2 fully saturated rings. The van der Waals surface area contributed by atoms with Gasteiger partial charge < -0.3 is 15.0 Å². The summed E-state index contributed by atoms with van der Waals surface area (Å²) in [5.41, 5.74) is 0.966. The van der Waals surface area contributed by atoms with Crippen molar-refractivity contribution in [2.24, 2.45) is 5.92 Å². The number of carbonyl (C=O) groups excluding carboxylic acids is 1. The van der Waals surface area contributed by atoms with Gasteiger partial charge in [0.15, 0.2) is 0 Å². The van der Waals surface area contributed by atoms with Crippen LogP contribution in [0, 0.1) is 5.92 Å². The Morgan fingerprint density at radius 2 is 2.13 bits per heavy atom. The second-order valence-corrected chi connectivity index (χ2v) is 7.12. The zero-order valence-corrected chi connectivity index (χ0v) is 14.2. The minimum absolute atomic E-state index is 0.0925. The van der Waals surface area contributed by atoms with Gasteiger partial charge in [-0.05, 0) is 42.9 Å². The normalized spacial score (nSPS) is 23.1. The molecule has 1 atom stereocenters. The fourth-order valence-corrected chi connectivity index (χ4v) is 3.68. The van der Waals surface area contributed by atoms with Crippen LogP contribution in [0.15, 0.2) is 24.3 Å². The Labute approximate surface area is 143 Å². The molecule has 0 aromatic heterocycles. The van der Waals surface area contributed by atoms with Crippen LogP contribution < -0.4 is 5.32 Å². The predicted molar refractivity (Wildman–Crippen MR) is 91.7 cm³/mol. The van der Waals surface area contributed by atoms with Crippen molar-refractivity contribution in [2.45, 2.75) is 31.7 Å². The van der Waals surface area contributed by atoms with Crippen LogP contribution in [0.1, 0.15) is 24.8 Å². The molecule has 0 saturated carbocycles. The number of nitrogens with one attached hydrogen (secondary N) is 1. The van der Waals surface area contributed by atoms with E-state index in [1.807, 2.05) is 24.3 Å². The zero-order chi connectivity index (χ0) is 16.1. The van der Waals surface area contributed by atoms with E-state index >= 15 is 0 Å². The first-order valence-electron chi connectivity index (χ1n) is 8.53. The van der Waals surface area contributed by atoms with Gasteiger partial charge in [-0.25, -0.2) is 0 Å². The molecule has 1 aromatic carbocycles. The van der Waals surface area contributed by atoms with Gasteiger partial charge in [0.1, 0.15) is 0 Å². The molecule has 126 valence electrons. The molecule has 3 rings (SSSR count). The minimum Gasteiger partial charge on any atom is -0.381 e. The van der Waals surface area contributed by atoms with Gasteiger partial charge in [0.25, 0.3) is 0 Å². The number of rotatable bonds is 5. The Morgan fingerprint density at radius 1 is 1.30 bits per heavy atom. The van der Waals surface area contributed by atoms with Crippen molar-refractivity contribution in [3.05, 3.63) is 34.9 Å². The molecule has 1 amide bonds. The molecule has 4 nitrogen and oxygen atoms in total. The van der Waals surface area contributed by atoms with Crippen LogP contribution in [0.4, 0.5) is 0 Å². The molecule has 0 spiro atoms. The molecule has 2 saturated heterocycles. The molecule has 1 aromatic rings. The highest BCUT2D eigenvalue weighted by atomic mass is 35.5. The van der Waals surface area contributed by atoms with E-state index < -0.39 is 0 Å². The second-order valence-electron chi connectivity index (χ2n) is 6.68. The van der Waals surface area contributed by atoms with Crippen molar-refractivity contribution in [2.75, 3.05) is 32.8 Å². The van der Waals surface area contributed by atoms with Crippen molar-refractivity contribution in [1.82, 2.24) is 10.2 Å². The molecule has 1 N–H and O–H groups in total. The standard InChI is InChI=1S/C18H25ClN2O2/c19-16-3-1-2-14(10-16)11-18(22)20-17-4-7-21(8-5-17)12-15-6-9-23-13-15/h1-3,10,15,17H,4-9,11-13H2,(H,20,22). The molecule has 0 radical (unpaired) electrons. The largest absolute Gasteiger partial charge is 0.381 e. The number of piperidine rings is 1. The van der Waals surface area contributed by atoms with E-state index in [-0.39, 0.29) is 5.91 Å². The van der Waals surface area contributed by atoms with E-state index in [1.165, 1.54) is 6.42 Å². The molecule has 23 heavy (non-hydrogen) atoms. The number of carbonyl (C=O) groups is 1. The summed E-state index contributed by atoms with van der Waals surface area (Å²) in [6.07, 6.45) is 3.67. The summed E-state index contributed by atoms with van der Waals surface area (Å²) in [5, 5.41) is 3.85. The lowest BCUT2D eigenvalue weighted by Gasteiger charge is -2.33. The van der Waals surface area contributed by atoms with Gasteiger partial charge >= 0.3 is 0 Å². The van der Waals surface area contributed by atoms with E-state index in [2.05, 4.69) is 10.2 Å². The molecular weight excluding hydrogens is 312 g/mol. The number of hydrogen-bond donors (Lipinski definition) is 1. The van der Waals surface area contributed by atoms with E-state index in [1.54, 1.807) is 0 Å². The highest BCUT2D eigenvalue weighted by molar-refractivity contribution is 6.30. The fourth-order valence-electron chi connectivity index (χ4n) is 3.46. The van der Waals surface area contributed by atoms with Crippen molar-refractivity contribution < 1.29 is 9.53 Å². The van der Waals surface area contributed by atoms with Crippen molar-refractivity contribution in [3.63, 3.8) is 0 Å². The molecule has 2 aliphatic rings. The van der Waals surface area contributed by atoms with Gasteiger partial charge in [0, 0.05) is 37.3 Å². The van der Waals surface area contributed by atoms with E-state index in [0.29, 0.717) is 23.4 Å². The van der Waals surface area contributed by atoms with Gasteiger partial charge in [-0.2, -0.15) is 0 Å². The SMILES string of the molecule is O=C(Cc1cccc(Cl)c1)NC1CCN(CC2CCOC2)CC1. The lowest BCUT2D eigenvalue weighted by Crippen LogP contribution is -2.46. The monoisotopic (exact) mass is 336 g/mol. The number of ether oxygens (including phenoxy) is 1. The van der Waals surface area contributed by atoms with Gasteiger partial charge in [-0.15, -0.1) is 0 Å². The molecule has 1 unspecified atom stereocenters. The molecule has 5 heteroatoms. The summed E-state index contributed by atoms with van der Waals surface area (Å²) in [7, 11) is 0. The quantitative estimate of drug-likeness (QED) is 0.898. The minimum atomic E-state index is 0.0925. The Hall–Kier alpha value is -1.10. The van der Waals surface area contributed by atoms with Crippen molar-refractivity contribution >= 4 is 17.5 Å². The third kappa shape index (κ3) is 5.20. The molecule has 0 bridgehead atoms. The van der Waals surface area contributed by atoms with E-state index in [0.717, 1.165) is 51.3 Å². The third-order valence-electron chi connectivity index (χ3n) is 4.75. The number of nitrogens with zero attached hydrogens (tertiary/aromatic N) is 1. The van der Waals surface area contributed by atoms with Crippen LogP contribution in [0.25, 0.3) is 0 Å². The predicted octanol–water partition coefficient (Wildman–Crippen LogP) is 2.50. The van der Waals surface area contributed by atoms with Gasteiger partial charge in [-0.3, -0.25) is 4.79 Å². The Bertz CT molecular complexity index is 524. The summed E-state index contributed by atoms with van der Waals surface area (Å²) < 4.78 is 5.44. The Balaban J connectivity index is 1.38. The smallest absolute Gasteiger partial charge is 0.224 e. The summed E-state index contributed by atoms with van der Waals surface area (Å²) in [4.78, 5) is 14.7. The molecular formula is C18H25ClN2O2. The van der Waals surface area contributed by atoms with Crippen molar-refractivity contribution in [3.8, 4) is 0 Å². The number of likely N-dealkylation sites (tertiary alicyclic amines) is 1. The van der Waals surface area contributed by atoms with Crippen LogP contribution in [0.5, 0.6) is 0 Å². The summed E-state index contributed by atoms with van der Waals surface area (Å²) in [6.45, 7) is 5.11. The van der Waals surface area contributed by atoms with Crippen LogP contribution in [-0.4, -0.2) is 49.7 Å². The highest BCUT2D eigenvalue weighted by Crippen LogP contribution is 2.18. The number of hydrogen-bond acceptors (Lipinski definition) is 3. The summed E-state index contributed by atoms with van der Waals surface area (Å²) in [6, 6.07) is 7.81. The lowest BCUT2D eigenvalue weighted by atomic mass is 10.0. The lowest BCUT2D eigenvalue weighted by molar-refractivity contribution is -0.121. The summed E-state index contributed by atoms with van der Waals surface area (Å²) >= 11 is 5.96. The van der Waals surface area contributed by atoms with Gasteiger partial charge in [-0.1, -0.05) is 23.7 Å². The summed E-state index contributed by atoms with van der Waals surface area (Å²) in [5.74, 6) is 0.791.